The number of benzene rings is 4. The highest BCUT2D eigenvalue weighted by molar-refractivity contribution is 5.86. The lowest BCUT2D eigenvalue weighted by atomic mass is 9.38. The Morgan fingerprint density at radius 2 is 0.821 bits per heavy atom. The van der Waals surface area contributed by atoms with E-state index in [1.165, 1.54) is 225 Å². The first-order valence-electron chi connectivity index (χ1n) is 51.4. The van der Waals surface area contributed by atoms with Gasteiger partial charge in [0.05, 0.1) is 11.0 Å². The van der Waals surface area contributed by atoms with E-state index in [0.717, 1.165) is 92.8 Å². The smallest absolute Gasteiger partial charge is 0.387 e. The molecule has 14 atom stereocenters. The minimum absolute atomic E-state index is 0.0710. The number of β-amino-alcohol motifs (C(OH)–C–C–N with tert-alkyl or cyclic N) is 1. The van der Waals surface area contributed by atoms with Crippen LogP contribution in [0.1, 0.15) is 325 Å². The molecular formula is C111H159F3N6O3. The number of nitrogens with two attached hydrogens (primary N) is 1. The molecule has 9 nitrogen and oxygen atoms in total. The van der Waals surface area contributed by atoms with Crippen molar-refractivity contribution in [3.63, 3.8) is 0 Å². The van der Waals surface area contributed by atoms with E-state index in [0.29, 0.717) is 106 Å². The first kappa shape index (κ1) is 86.8. The number of ketones is 2. The molecule has 12 heteroatoms. The molecule has 25 aliphatic rings. The highest BCUT2D eigenvalue weighted by Gasteiger charge is 2.70. The van der Waals surface area contributed by atoms with E-state index in [1.54, 1.807) is 42.4 Å². The number of hydrogen-bond acceptors (Lipinski definition) is 9. The Labute approximate surface area is 739 Å². The van der Waals surface area contributed by atoms with Gasteiger partial charge in [0.2, 0.25) is 0 Å². The summed E-state index contributed by atoms with van der Waals surface area (Å²) in [5, 5.41) is 20.6. The first-order valence-corrected chi connectivity index (χ1v) is 51.4. The third-order valence-corrected chi connectivity index (χ3v) is 39.9. The highest BCUT2D eigenvalue weighted by atomic mass is 19.4. The SMILES string of the molecule is CC12CC3CC(C(=O)CCC4(O)CNC4)(C1)CC(c1ccccc1)(C3)C2.CC12CC3CC(CCC4CCNCC4)(C1)CC(c1ccccc1)(C3)C2.CN1CCN(CC23CC4CC(C2)CC(c2ccccc2)(C4)C3)CC1.NC1CCC(CC(=O)C23CC4CC(C2)CC(C(F)(F)F)(C4)C3)CC1.c1ccc(C23CC4CC(CC(CCC5CCNCC5)(C4)C2)C3)cc1. The maximum atomic E-state index is 13.8. The van der Waals surface area contributed by atoms with Crippen LogP contribution >= 0.6 is 0 Å². The summed E-state index contributed by atoms with van der Waals surface area (Å²) in [5.41, 5.74) is 14.0. The molecule has 0 spiro atoms. The number of piperazine rings is 1. The quantitative estimate of drug-likeness (QED) is 0.0625. The standard InChI is InChI=1S/C24H35N.C23H31NO2.C23H33N.C22H32N2.C19H28F3NO/c1-22-13-20-14-23(16-22,10-7-19-8-11-25-12-9-19)18-24(15-20,17-22)21-5-3-2-4-6-21;1-20-9-17-10-21(12-20,18-5-3-2-4-6-18)14-22(11-17,13-20)19(25)7-8-23(26)15-24-16-23;1-2-4-21(5-3-1)23-15-19-12-20(16-23)14-22(13-19,17-23)9-6-18-7-10-24-11-8-18;1-23-7-9-24(10-8-23)17-21-12-18-11-19(13-21)15-22(14-18,16-21)20-5-3-2-4-6-20;20-19(21,22)18-9-13-5-14(10-18)8-17(7-13,11-18)16(24)6-12-1-3-15(23)4-2-12/h2-6,19-20,25H,7-18H2,1H3;2-6,17,24,26H,7-16H2,1H3;1-5,18-20,24H,6-17H2;2-6,18-19H,7-17H2,1H3;12-15H,1-11,23H2. The molecule has 6 N–H and O–H groups in total. The average Bonchev–Trinajstić information content (AvgIpc) is 0.714. The van der Waals surface area contributed by atoms with Crippen LogP contribution in [0.5, 0.6) is 0 Å². The molecule has 4 aliphatic heterocycles. The minimum atomic E-state index is -4.16. The van der Waals surface area contributed by atoms with E-state index in [9.17, 15) is 27.9 Å². The molecule has 25 fully saturated rings. The largest absolute Gasteiger partial charge is 0.394 e. The molecular weight excluding hydrogens is 1520 g/mol. The van der Waals surface area contributed by atoms with E-state index in [2.05, 4.69) is 168 Å². The van der Waals surface area contributed by atoms with Gasteiger partial charge in [-0.05, 0) is 445 Å². The number of rotatable bonds is 19. The monoisotopic (exact) mass is 1680 g/mol. The summed E-state index contributed by atoms with van der Waals surface area (Å²) in [6.07, 6.45) is 50.1. The Balaban J connectivity index is 0.0000000976. The van der Waals surface area contributed by atoms with Crippen LogP contribution in [0.4, 0.5) is 13.2 Å². The average molecular weight is 1680 g/mol. The molecule has 4 saturated heterocycles. The topological polar surface area (TPSA) is 123 Å². The molecule has 21 aliphatic carbocycles. The second kappa shape index (κ2) is 33.5. The van der Waals surface area contributed by atoms with Crippen LogP contribution < -0.4 is 21.7 Å². The second-order valence-electron chi connectivity index (χ2n) is 50.1. The number of aliphatic hydroxyl groups is 1. The number of likely N-dealkylation sites (N-methyl/N-ethyl adjacent to an activating group) is 1. The van der Waals surface area contributed by atoms with Crippen molar-refractivity contribution in [2.45, 2.75) is 342 Å². The van der Waals surface area contributed by atoms with Gasteiger partial charge in [-0.2, -0.15) is 13.2 Å². The van der Waals surface area contributed by atoms with Gasteiger partial charge in [0.25, 0.3) is 0 Å². The molecule has 0 radical (unpaired) electrons. The van der Waals surface area contributed by atoms with E-state index < -0.39 is 22.6 Å². The third kappa shape index (κ3) is 17.6. The fourth-order valence-corrected chi connectivity index (χ4v) is 37.4. The maximum Gasteiger partial charge on any atom is 0.394 e. The lowest BCUT2D eigenvalue weighted by Gasteiger charge is -2.67. The molecule has 123 heavy (non-hydrogen) atoms. The van der Waals surface area contributed by atoms with Crippen molar-refractivity contribution in [2.75, 3.05) is 79.0 Å². The zero-order chi connectivity index (χ0) is 84.4. The molecule has 0 aromatic heterocycles. The van der Waals surface area contributed by atoms with Crippen LogP contribution in [-0.4, -0.2) is 123 Å². The van der Waals surface area contributed by atoms with Gasteiger partial charge in [0.1, 0.15) is 11.6 Å². The fourth-order valence-electron chi connectivity index (χ4n) is 37.4. The van der Waals surface area contributed by atoms with E-state index >= 15 is 0 Å². The Morgan fingerprint density at radius 1 is 0.407 bits per heavy atom. The minimum Gasteiger partial charge on any atom is -0.387 e. The van der Waals surface area contributed by atoms with Gasteiger partial charge in [-0.1, -0.05) is 135 Å². The zero-order valence-electron chi connectivity index (χ0n) is 76.4. The number of carbonyl (C=O) groups is 2. The van der Waals surface area contributed by atoms with Crippen LogP contribution in [0.3, 0.4) is 0 Å². The van der Waals surface area contributed by atoms with Crippen LogP contribution in [0.15, 0.2) is 121 Å². The van der Waals surface area contributed by atoms with Crippen molar-refractivity contribution in [3.8, 4) is 0 Å². The van der Waals surface area contributed by atoms with Crippen molar-refractivity contribution >= 4 is 11.6 Å². The van der Waals surface area contributed by atoms with Gasteiger partial charge < -0.3 is 36.6 Å². The van der Waals surface area contributed by atoms with Crippen LogP contribution in [0, 0.1) is 108 Å². The molecule has 14 unspecified atom stereocenters. The number of halogens is 3. The zero-order valence-corrected chi connectivity index (χ0v) is 76.4. The molecule has 0 amide bonds. The summed E-state index contributed by atoms with van der Waals surface area (Å²) in [7, 11) is 2.27. The maximum absolute atomic E-state index is 13.8. The molecule has 20 bridgehead atoms. The van der Waals surface area contributed by atoms with E-state index in [1.807, 2.05) is 0 Å². The third-order valence-electron chi connectivity index (χ3n) is 39.9. The van der Waals surface area contributed by atoms with Crippen LogP contribution in [0.25, 0.3) is 0 Å². The van der Waals surface area contributed by atoms with Gasteiger partial charge in [0.15, 0.2) is 0 Å². The highest BCUT2D eigenvalue weighted by Crippen LogP contribution is 2.75. The molecule has 29 rings (SSSR count). The van der Waals surface area contributed by atoms with Crippen molar-refractivity contribution in [1.29, 1.82) is 0 Å². The van der Waals surface area contributed by atoms with Crippen molar-refractivity contribution in [3.05, 3.63) is 144 Å². The van der Waals surface area contributed by atoms with Crippen molar-refractivity contribution < 1.29 is 27.9 Å². The summed E-state index contributed by atoms with van der Waals surface area (Å²) in [6.45, 7) is 17.8. The number of Topliss-reactive ketones (excluding diaryl/α,β-unsaturated/α-hetero) is 2. The van der Waals surface area contributed by atoms with Crippen LogP contribution in [-0.2, 0) is 31.2 Å². The van der Waals surface area contributed by atoms with Crippen LogP contribution in [0.2, 0.25) is 0 Å². The molecule has 4 heterocycles. The number of piperidine rings is 2. The second-order valence-corrected chi connectivity index (χ2v) is 50.1. The van der Waals surface area contributed by atoms with Crippen molar-refractivity contribution in [1.82, 2.24) is 25.8 Å². The Bertz CT molecular complexity index is 4250. The predicted molar refractivity (Wildman–Crippen MR) is 491 cm³/mol. The molecule has 4 aromatic rings. The first-order chi connectivity index (χ1) is 59.1. The predicted octanol–water partition coefficient (Wildman–Crippen LogP) is 23.0. The number of hydrogen-bond donors (Lipinski definition) is 5. The Kier molecular flexibility index (Phi) is 23.6. The lowest BCUT2D eigenvalue weighted by Crippen LogP contribution is -2.61. The Hall–Kier alpha value is -4.27. The summed E-state index contributed by atoms with van der Waals surface area (Å²) in [5.74, 6) is 8.88. The molecule has 21 saturated carbocycles. The fraction of sp³-hybridized carbons (Fsp3) is 0.766. The number of alkyl halides is 3. The van der Waals surface area contributed by atoms with E-state index in [-0.39, 0.29) is 53.8 Å². The van der Waals surface area contributed by atoms with Gasteiger partial charge >= 0.3 is 6.18 Å². The number of nitrogens with one attached hydrogen (secondary N) is 3. The van der Waals surface area contributed by atoms with Gasteiger partial charge in [-0.3, -0.25) is 9.59 Å². The Morgan fingerprint density at radius 3 is 1.29 bits per heavy atom. The number of nitrogens with zero attached hydrogens (tertiary/aromatic N) is 2. The van der Waals surface area contributed by atoms with E-state index in [4.69, 9.17) is 5.73 Å². The lowest BCUT2D eigenvalue weighted by molar-refractivity contribution is -0.283. The van der Waals surface area contributed by atoms with Crippen molar-refractivity contribution in [2.24, 2.45) is 114 Å². The molecule has 4 aromatic carbocycles. The van der Waals surface area contributed by atoms with Gasteiger partial charge in [-0.25, -0.2) is 0 Å². The normalized spacial score (nSPS) is 43.6. The van der Waals surface area contributed by atoms with Gasteiger partial charge in [-0.15, -0.1) is 0 Å². The van der Waals surface area contributed by atoms with Gasteiger partial charge in [0, 0.05) is 75.5 Å². The summed E-state index contributed by atoms with van der Waals surface area (Å²) in [6, 6.07) is 46.0. The summed E-state index contributed by atoms with van der Waals surface area (Å²) in [4.78, 5) is 31.9. The molecule has 672 valence electrons. The number of carbonyl (C=O) groups excluding carboxylic acids is 2. The summed E-state index contributed by atoms with van der Waals surface area (Å²) < 4.78 is 41.4. The summed E-state index contributed by atoms with van der Waals surface area (Å²) >= 11 is 0.